The molecule has 0 bridgehead atoms. The van der Waals surface area contributed by atoms with Crippen molar-refractivity contribution >= 4 is 43.2 Å². The Morgan fingerprint density at radius 1 is 1.15 bits per heavy atom. The van der Waals surface area contributed by atoms with Gasteiger partial charge in [0.05, 0.1) is 11.2 Å². The van der Waals surface area contributed by atoms with E-state index >= 15 is 0 Å². The van der Waals surface area contributed by atoms with Crippen LogP contribution in [0.5, 0.6) is 0 Å². The molecule has 0 unspecified atom stereocenters. The molecular weight excluding hydrogens is 314 g/mol. The molecule has 1 heterocycles. The van der Waals surface area contributed by atoms with Gasteiger partial charge in [-0.2, -0.15) is 0 Å². The number of nitrogens with zero attached hydrogens (tertiary/aromatic N) is 1. The summed E-state index contributed by atoms with van der Waals surface area (Å²) in [5, 5.41) is 2.03. The number of aromatic nitrogens is 1. The lowest BCUT2D eigenvalue weighted by atomic mass is 10.2. The van der Waals surface area contributed by atoms with Crippen molar-refractivity contribution in [3.8, 4) is 11.3 Å². The Morgan fingerprint density at radius 2 is 1.85 bits per heavy atom. The molecule has 1 nitrogen and oxygen atoms in total. The maximum absolute atomic E-state index is 4.27. The summed E-state index contributed by atoms with van der Waals surface area (Å²) >= 11 is 8.61. The third-order valence-corrected chi connectivity index (χ3v) is 3.56. The minimum Gasteiger partial charge on any atom is -0.245 e. The summed E-state index contributed by atoms with van der Waals surface area (Å²) in [5.41, 5.74) is 3.95. The zero-order valence-corrected chi connectivity index (χ0v) is 10.5. The van der Waals surface area contributed by atoms with Crippen molar-refractivity contribution in [3.63, 3.8) is 0 Å². The number of benzene rings is 1. The van der Waals surface area contributed by atoms with E-state index in [1.54, 1.807) is 11.3 Å². The molecule has 0 aliphatic rings. The second kappa shape index (κ2) is 3.90. The molecule has 66 valence electrons. The zero-order valence-electron chi connectivity index (χ0n) is 6.50. The fourth-order valence-electron chi connectivity index (χ4n) is 1.08. The first-order chi connectivity index (χ1) is 6.29. The van der Waals surface area contributed by atoms with Crippen molar-refractivity contribution in [2.24, 2.45) is 0 Å². The zero-order chi connectivity index (χ0) is 9.26. The highest BCUT2D eigenvalue weighted by molar-refractivity contribution is 9.11. The van der Waals surface area contributed by atoms with Crippen LogP contribution in [0.2, 0.25) is 0 Å². The van der Waals surface area contributed by atoms with Gasteiger partial charge in [-0.25, -0.2) is 4.98 Å². The minimum atomic E-state index is 1.00. The van der Waals surface area contributed by atoms with Crippen molar-refractivity contribution < 1.29 is 0 Å². The predicted octanol–water partition coefficient (Wildman–Crippen LogP) is 4.34. The first-order valence-electron chi connectivity index (χ1n) is 3.61. The first-order valence-corrected chi connectivity index (χ1v) is 6.14. The quantitative estimate of drug-likeness (QED) is 0.762. The SMILES string of the molecule is Brc1cccc(Br)c1-c1cscn1. The fraction of sp³-hybridized carbons (Fsp3) is 0. The van der Waals surface area contributed by atoms with E-state index in [0.29, 0.717) is 0 Å². The molecule has 1 aromatic carbocycles. The van der Waals surface area contributed by atoms with E-state index in [4.69, 9.17) is 0 Å². The van der Waals surface area contributed by atoms with Crippen LogP contribution in [0.4, 0.5) is 0 Å². The Bertz CT molecular complexity index is 391. The van der Waals surface area contributed by atoms with Crippen LogP contribution in [0, 0.1) is 0 Å². The molecule has 0 fully saturated rings. The van der Waals surface area contributed by atoms with Gasteiger partial charge in [0.2, 0.25) is 0 Å². The summed E-state index contributed by atoms with van der Waals surface area (Å²) in [6.45, 7) is 0. The van der Waals surface area contributed by atoms with Gasteiger partial charge in [0, 0.05) is 19.9 Å². The van der Waals surface area contributed by atoms with Crippen LogP contribution in [-0.4, -0.2) is 4.98 Å². The summed E-state index contributed by atoms with van der Waals surface area (Å²) in [7, 11) is 0. The standard InChI is InChI=1S/C9H5Br2NS/c10-6-2-1-3-7(11)9(6)8-4-13-5-12-8/h1-5H. The van der Waals surface area contributed by atoms with Gasteiger partial charge in [-0.3, -0.25) is 0 Å². The molecule has 13 heavy (non-hydrogen) atoms. The Balaban J connectivity index is 2.64. The van der Waals surface area contributed by atoms with E-state index < -0.39 is 0 Å². The van der Waals surface area contributed by atoms with E-state index in [2.05, 4.69) is 36.8 Å². The fourth-order valence-corrected chi connectivity index (χ4v) is 3.03. The van der Waals surface area contributed by atoms with Gasteiger partial charge >= 0.3 is 0 Å². The van der Waals surface area contributed by atoms with Crippen molar-refractivity contribution in [1.82, 2.24) is 4.98 Å². The van der Waals surface area contributed by atoms with Gasteiger partial charge in [-0.1, -0.05) is 37.9 Å². The molecule has 0 aliphatic heterocycles. The molecule has 0 spiro atoms. The van der Waals surface area contributed by atoms with E-state index in [1.807, 2.05) is 29.1 Å². The second-order valence-electron chi connectivity index (χ2n) is 2.47. The van der Waals surface area contributed by atoms with Gasteiger partial charge in [-0.15, -0.1) is 11.3 Å². The first kappa shape index (κ1) is 9.37. The molecule has 0 radical (unpaired) electrons. The van der Waals surface area contributed by atoms with Crippen molar-refractivity contribution in [3.05, 3.63) is 38.0 Å². The highest BCUT2D eigenvalue weighted by atomic mass is 79.9. The minimum absolute atomic E-state index is 1.00. The van der Waals surface area contributed by atoms with E-state index in [0.717, 1.165) is 20.2 Å². The number of halogens is 2. The molecule has 0 N–H and O–H groups in total. The summed E-state index contributed by atoms with van der Waals surface area (Å²) < 4.78 is 2.13. The Kier molecular flexibility index (Phi) is 2.81. The lowest BCUT2D eigenvalue weighted by Crippen LogP contribution is -1.80. The molecule has 4 heteroatoms. The molecule has 0 atom stereocenters. The lowest BCUT2D eigenvalue weighted by Gasteiger charge is -2.02. The van der Waals surface area contributed by atoms with E-state index in [1.165, 1.54) is 0 Å². The van der Waals surface area contributed by atoms with Crippen LogP contribution in [0.15, 0.2) is 38.0 Å². The molecule has 0 saturated carbocycles. The maximum atomic E-state index is 4.27. The van der Waals surface area contributed by atoms with Gasteiger partial charge in [-0.05, 0) is 12.1 Å². The predicted molar refractivity (Wildman–Crippen MR) is 63.0 cm³/mol. The molecule has 0 saturated heterocycles. The van der Waals surface area contributed by atoms with Crippen LogP contribution in [-0.2, 0) is 0 Å². The summed E-state index contributed by atoms with van der Waals surface area (Å²) in [6.07, 6.45) is 0. The van der Waals surface area contributed by atoms with Crippen LogP contribution in [0.1, 0.15) is 0 Å². The normalized spacial score (nSPS) is 10.3. The largest absolute Gasteiger partial charge is 0.245 e. The topological polar surface area (TPSA) is 12.9 Å². The van der Waals surface area contributed by atoms with E-state index in [-0.39, 0.29) is 0 Å². The molecular formula is C9H5Br2NS. The number of hydrogen-bond donors (Lipinski definition) is 0. The van der Waals surface area contributed by atoms with Crippen LogP contribution in [0.25, 0.3) is 11.3 Å². The Labute approximate surface area is 97.1 Å². The van der Waals surface area contributed by atoms with E-state index in [9.17, 15) is 0 Å². The van der Waals surface area contributed by atoms with Crippen LogP contribution < -0.4 is 0 Å². The van der Waals surface area contributed by atoms with Crippen LogP contribution in [0.3, 0.4) is 0 Å². The monoisotopic (exact) mass is 317 g/mol. The van der Waals surface area contributed by atoms with Gasteiger partial charge < -0.3 is 0 Å². The number of hydrogen-bond acceptors (Lipinski definition) is 2. The average molecular weight is 319 g/mol. The third-order valence-electron chi connectivity index (χ3n) is 1.65. The highest BCUT2D eigenvalue weighted by Crippen LogP contribution is 2.34. The third kappa shape index (κ3) is 1.85. The molecule has 1 aromatic heterocycles. The molecule has 0 amide bonds. The molecule has 2 aromatic rings. The second-order valence-corrected chi connectivity index (χ2v) is 4.90. The summed E-state index contributed by atoms with van der Waals surface area (Å²) in [5.74, 6) is 0. The highest BCUT2D eigenvalue weighted by Gasteiger charge is 2.08. The Morgan fingerprint density at radius 3 is 2.38 bits per heavy atom. The van der Waals surface area contributed by atoms with Crippen molar-refractivity contribution in [2.75, 3.05) is 0 Å². The Hall–Kier alpha value is -0.190. The number of rotatable bonds is 1. The van der Waals surface area contributed by atoms with Crippen LogP contribution >= 0.6 is 43.2 Å². The lowest BCUT2D eigenvalue weighted by molar-refractivity contribution is 1.39. The maximum Gasteiger partial charge on any atom is 0.0833 e. The molecule has 0 aliphatic carbocycles. The smallest absolute Gasteiger partial charge is 0.0833 e. The summed E-state index contributed by atoms with van der Waals surface area (Å²) in [6, 6.07) is 6.02. The summed E-state index contributed by atoms with van der Waals surface area (Å²) in [4.78, 5) is 4.27. The van der Waals surface area contributed by atoms with Crippen molar-refractivity contribution in [1.29, 1.82) is 0 Å². The van der Waals surface area contributed by atoms with Crippen molar-refractivity contribution in [2.45, 2.75) is 0 Å². The van der Waals surface area contributed by atoms with Gasteiger partial charge in [0.1, 0.15) is 0 Å². The van der Waals surface area contributed by atoms with Gasteiger partial charge in [0.15, 0.2) is 0 Å². The average Bonchev–Trinajstić information content (AvgIpc) is 2.57. The molecule has 2 rings (SSSR count). The number of thiazole rings is 1. The van der Waals surface area contributed by atoms with Gasteiger partial charge in [0.25, 0.3) is 0 Å².